The largest absolute Gasteiger partial charge is 0.338 e. The maximum absolute atomic E-state index is 5.61. The van der Waals surface area contributed by atoms with Crippen LogP contribution in [0.15, 0.2) is 47.0 Å². The highest BCUT2D eigenvalue weighted by molar-refractivity contribution is 6.28. The molecule has 0 fully saturated rings. The van der Waals surface area contributed by atoms with Gasteiger partial charge in [-0.15, -0.1) is 0 Å². The molecule has 0 spiro atoms. The summed E-state index contributed by atoms with van der Waals surface area (Å²) in [6.07, 6.45) is 0.602. The topological polar surface area (TPSA) is 38.9 Å². The number of benzene rings is 2. The van der Waals surface area contributed by atoms with Crippen LogP contribution in [0.4, 0.5) is 0 Å². The van der Waals surface area contributed by atoms with Gasteiger partial charge in [-0.25, -0.2) is 0 Å². The van der Waals surface area contributed by atoms with Gasteiger partial charge in [-0.05, 0) is 33.1 Å². The number of hydrogen-bond acceptors (Lipinski definition) is 3. The molecule has 17 heavy (non-hydrogen) atoms. The smallest absolute Gasteiger partial charge is 0.263 e. The summed E-state index contributed by atoms with van der Waals surface area (Å²) in [5.74, 6) is 0.533. The van der Waals surface area contributed by atoms with Gasteiger partial charge in [0.25, 0.3) is 5.28 Å². The molecule has 4 heteroatoms. The van der Waals surface area contributed by atoms with Crippen LogP contribution in [-0.4, -0.2) is 10.1 Å². The summed E-state index contributed by atoms with van der Waals surface area (Å²) in [4.78, 5) is 3.97. The number of halogens is 1. The van der Waals surface area contributed by atoms with E-state index in [4.69, 9.17) is 16.1 Å². The summed E-state index contributed by atoms with van der Waals surface area (Å²) >= 11 is 5.61. The Morgan fingerprint density at radius 3 is 2.65 bits per heavy atom. The van der Waals surface area contributed by atoms with Crippen LogP contribution in [0.5, 0.6) is 0 Å². The van der Waals surface area contributed by atoms with E-state index in [1.54, 1.807) is 0 Å². The lowest BCUT2D eigenvalue weighted by Gasteiger charge is -2.00. The van der Waals surface area contributed by atoms with Crippen molar-refractivity contribution in [3.05, 3.63) is 59.2 Å². The van der Waals surface area contributed by atoms with Crippen LogP contribution < -0.4 is 0 Å². The fourth-order valence-corrected chi connectivity index (χ4v) is 1.96. The van der Waals surface area contributed by atoms with E-state index in [-0.39, 0.29) is 5.28 Å². The van der Waals surface area contributed by atoms with Crippen molar-refractivity contribution < 1.29 is 4.52 Å². The molecule has 0 saturated heterocycles. The van der Waals surface area contributed by atoms with Crippen molar-refractivity contribution in [1.29, 1.82) is 0 Å². The summed E-state index contributed by atoms with van der Waals surface area (Å²) in [6, 6.07) is 14.5. The molecular formula is C13H9ClN2O. The Morgan fingerprint density at radius 2 is 1.88 bits per heavy atom. The van der Waals surface area contributed by atoms with Crippen molar-refractivity contribution in [3.63, 3.8) is 0 Å². The minimum absolute atomic E-state index is 0.154. The van der Waals surface area contributed by atoms with Gasteiger partial charge in [-0.1, -0.05) is 42.5 Å². The van der Waals surface area contributed by atoms with E-state index in [0.29, 0.717) is 12.3 Å². The molecule has 1 aromatic heterocycles. The zero-order chi connectivity index (χ0) is 11.7. The second-order valence-electron chi connectivity index (χ2n) is 3.82. The van der Waals surface area contributed by atoms with Crippen molar-refractivity contribution in [2.24, 2.45) is 0 Å². The molecule has 0 aliphatic carbocycles. The van der Waals surface area contributed by atoms with Gasteiger partial charge in [0.15, 0.2) is 0 Å². The maximum Gasteiger partial charge on any atom is 0.263 e. The average molecular weight is 245 g/mol. The van der Waals surface area contributed by atoms with Crippen LogP contribution >= 0.6 is 11.6 Å². The summed E-state index contributed by atoms with van der Waals surface area (Å²) in [7, 11) is 0. The minimum atomic E-state index is 0.154. The van der Waals surface area contributed by atoms with E-state index in [9.17, 15) is 0 Å². The first-order valence-electron chi connectivity index (χ1n) is 5.27. The quantitative estimate of drug-likeness (QED) is 0.693. The van der Waals surface area contributed by atoms with Crippen molar-refractivity contribution in [1.82, 2.24) is 10.1 Å². The van der Waals surface area contributed by atoms with Gasteiger partial charge in [-0.3, -0.25) is 0 Å². The Kier molecular flexibility index (Phi) is 2.53. The van der Waals surface area contributed by atoms with Gasteiger partial charge >= 0.3 is 0 Å². The van der Waals surface area contributed by atoms with E-state index < -0.39 is 0 Å². The van der Waals surface area contributed by atoms with Crippen molar-refractivity contribution in [3.8, 4) is 0 Å². The third-order valence-electron chi connectivity index (χ3n) is 2.61. The van der Waals surface area contributed by atoms with Crippen LogP contribution in [0.2, 0.25) is 5.28 Å². The van der Waals surface area contributed by atoms with Gasteiger partial charge in [0.2, 0.25) is 5.89 Å². The van der Waals surface area contributed by atoms with Crippen LogP contribution in [0, 0.1) is 0 Å². The molecule has 0 N–H and O–H groups in total. The maximum atomic E-state index is 5.61. The standard InChI is InChI=1S/C13H9ClN2O/c14-13-15-12(17-16-13)8-9-5-6-10-3-1-2-4-11(10)7-9/h1-7H,8H2. The van der Waals surface area contributed by atoms with Crippen molar-refractivity contribution in [2.75, 3.05) is 0 Å². The Hall–Kier alpha value is -1.87. The molecule has 84 valence electrons. The van der Waals surface area contributed by atoms with Crippen LogP contribution in [0.1, 0.15) is 11.5 Å². The molecule has 3 nitrogen and oxygen atoms in total. The highest BCUT2D eigenvalue weighted by Gasteiger charge is 2.05. The Morgan fingerprint density at radius 1 is 1.06 bits per heavy atom. The second kappa shape index (κ2) is 4.18. The lowest BCUT2D eigenvalue weighted by Crippen LogP contribution is -1.88. The fraction of sp³-hybridized carbons (Fsp3) is 0.0769. The summed E-state index contributed by atoms with van der Waals surface area (Å²) in [5.41, 5.74) is 1.13. The van der Waals surface area contributed by atoms with Gasteiger partial charge in [0.05, 0.1) is 6.42 Å². The number of aromatic nitrogens is 2. The van der Waals surface area contributed by atoms with Crippen molar-refractivity contribution in [2.45, 2.75) is 6.42 Å². The molecular weight excluding hydrogens is 236 g/mol. The van der Waals surface area contributed by atoms with Gasteiger partial charge in [0.1, 0.15) is 0 Å². The third-order valence-corrected chi connectivity index (χ3v) is 2.77. The van der Waals surface area contributed by atoms with Crippen LogP contribution in [0.3, 0.4) is 0 Å². The predicted octanol–water partition coefficient (Wildman–Crippen LogP) is 3.47. The number of rotatable bonds is 2. The molecule has 0 bridgehead atoms. The molecule has 0 aliphatic heterocycles. The first-order chi connectivity index (χ1) is 8.31. The summed E-state index contributed by atoms with van der Waals surface area (Å²) in [5, 5.41) is 6.13. The highest BCUT2D eigenvalue weighted by atomic mass is 35.5. The van der Waals surface area contributed by atoms with E-state index in [0.717, 1.165) is 5.56 Å². The molecule has 0 saturated carbocycles. The Bertz CT molecular complexity index is 663. The van der Waals surface area contributed by atoms with Crippen LogP contribution in [0.25, 0.3) is 10.8 Å². The molecule has 0 amide bonds. The lowest BCUT2D eigenvalue weighted by atomic mass is 10.1. The molecule has 1 heterocycles. The minimum Gasteiger partial charge on any atom is -0.338 e. The van der Waals surface area contributed by atoms with Gasteiger partial charge in [-0.2, -0.15) is 4.98 Å². The van der Waals surface area contributed by atoms with Crippen LogP contribution in [-0.2, 0) is 6.42 Å². The fourth-order valence-electron chi connectivity index (χ4n) is 1.83. The molecule has 0 aliphatic rings. The molecule has 2 aromatic carbocycles. The molecule has 0 radical (unpaired) electrons. The van der Waals surface area contributed by atoms with Gasteiger partial charge < -0.3 is 4.52 Å². The Labute approximate surface area is 103 Å². The lowest BCUT2D eigenvalue weighted by molar-refractivity contribution is 0.384. The normalized spacial score (nSPS) is 10.9. The van der Waals surface area contributed by atoms with E-state index in [1.807, 2.05) is 12.1 Å². The molecule has 3 aromatic rings. The third kappa shape index (κ3) is 2.15. The predicted molar refractivity (Wildman–Crippen MR) is 66.1 cm³/mol. The SMILES string of the molecule is Clc1noc(Cc2ccc3ccccc3c2)n1. The molecule has 0 atom stereocenters. The highest BCUT2D eigenvalue weighted by Crippen LogP contribution is 2.17. The number of hydrogen-bond donors (Lipinski definition) is 0. The summed E-state index contributed by atoms with van der Waals surface area (Å²) in [6.45, 7) is 0. The van der Waals surface area contributed by atoms with E-state index in [1.165, 1.54) is 10.8 Å². The van der Waals surface area contributed by atoms with Crippen molar-refractivity contribution >= 4 is 22.4 Å². The number of nitrogens with zero attached hydrogens (tertiary/aromatic N) is 2. The Balaban J connectivity index is 1.95. The zero-order valence-corrected chi connectivity index (χ0v) is 9.69. The van der Waals surface area contributed by atoms with E-state index >= 15 is 0 Å². The number of fused-ring (bicyclic) bond motifs is 1. The molecule has 0 unspecified atom stereocenters. The molecule has 3 rings (SSSR count). The summed E-state index contributed by atoms with van der Waals surface area (Å²) < 4.78 is 4.99. The van der Waals surface area contributed by atoms with Gasteiger partial charge in [0, 0.05) is 0 Å². The van der Waals surface area contributed by atoms with E-state index in [2.05, 4.69) is 40.5 Å². The first kappa shape index (κ1) is 10.3. The monoisotopic (exact) mass is 244 g/mol. The first-order valence-corrected chi connectivity index (χ1v) is 5.65. The second-order valence-corrected chi connectivity index (χ2v) is 4.15. The average Bonchev–Trinajstić information content (AvgIpc) is 2.75. The zero-order valence-electron chi connectivity index (χ0n) is 8.93.